The minimum Gasteiger partial charge on any atom is -0.490 e. The van der Waals surface area contributed by atoms with Crippen molar-refractivity contribution in [1.82, 2.24) is 0 Å². The van der Waals surface area contributed by atoms with Gasteiger partial charge in [-0.1, -0.05) is 34.1 Å². The van der Waals surface area contributed by atoms with Crippen LogP contribution in [0.1, 0.15) is 5.56 Å². The molecule has 2 N–H and O–H groups in total. The minimum absolute atomic E-state index is 0.249. The van der Waals surface area contributed by atoms with Crippen molar-refractivity contribution in [3.05, 3.63) is 58.3 Å². The Hall–Kier alpha value is -1.55. The second kappa shape index (κ2) is 5.87. The number of rotatable bonds is 4. The summed E-state index contributed by atoms with van der Waals surface area (Å²) in [6.45, 7) is 0.390. The van der Waals surface area contributed by atoms with E-state index in [2.05, 4.69) is 15.9 Å². The summed E-state index contributed by atoms with van der Waals surface area (Å²) in [6, 6.07) is 12.2. The van der Waals surface area contributed by atoms with Gasteiger partial charge in [0.05, 0.1) is 6.61 Å². The van der Waals surface area contributed by atoms with Gasteiger partial charge in [0.25, 0.3) is 0 Å². The molecule has 0 amide bonds. The monoisotopic (exact) mass is 309 g/mol. The molecule has 2 nitrogen and oxygen atoms in total. The van der Waals surface area contributed by atoms with Crippen LogP contribution in [0.15, 0.2) is 46.9 Å². The molecule has 4 heteroatoms. The topological polar surface area (TPSA) is 35.2 Å². The van der Waals surface area contributed by atoms with E-state index in [-0.39, 0.29) is 11.6 Å². The van der Waals surface area contributed by atoms with E-state index in [0.29, 0.717) is 13.0 Å². The SMILES string of the molecule is Nc1ccccc1CCOc1cc(Br)ccc1F. The zero-order chi connectivity index (χ0) is 13.0. The quantitative estimate of drug-likeness (QED) is 0.872. The zero-order valence-corrected chi connectivity index (χ0v) is 11.3. The molecule has 0 atom stereocenters. The molecule has 0 spiro atoms. The van der Waals surface area contributed by atoms with E-state index in [9.17, 15) is 4.39 Å². The van der Waals surface area contributed by atoms with Crippen molar-refractivity contribution in [2.45, 2.75) is 6.42 Å². The molecular formula is C14H13BrFNO. The third kappa shape index (κ3) is 3.23. The Morgan fingerprint density at radius 3 is 2.72 bits per heavy atom. The van der Waals surface area contributed by atoms with Gasteiger partial charge in [-0.25, -0.2) is 4.39 Å². The number of benzene rings is 2. The van der Waals surface area contributed by atoms with Crippen LogP contribution in [-0.4, -0.2) is 6.61 Å². The first-order valence-electron chi connectivity index (χ1n) is 5.58. The number of anilines is 1. The fourth-order valence-corrected chi connectivity index (χ4v) is 1.96. The van der Waals surface area contributed by atoms with Crippen LogP contribution in [0.3, 0.4) is 0 Å². The van der Waals surface area contributed by atoms with E-state index in [4.69, 9.17) is 10.5 Å². The lowest BCUT2D eigenvalue weighted by atomic mass is 10.1. The fraction of sp³-hybridized carbons (Fsp3) is 0.143. The highest BCUT2D eigenvalue weighted by molar-refractivity contribution is 9.10. The van der Waals surface area contributed by atoms with Gasteiger partial charge in [0, 0.05) is 16.6 Å². The number of halogens is 2. The van der Waals surface area contributed by atoms with Gasteiger partial charge in [0.2, 0.25) is 0 Å². The summed E-state index contributed by atoms with van der Waals surface area (Å²) >= 11 is 3.28. The molecule has 0 heterocycles. The minimum atomic E-state index is -0.362. The van der Waals surface area contributed by atoms with Gasteiger partial charge >= 0.3 is 0 Å². The van der Waals surface area contributed by atoms with Crippen molar-refractivity contribution < 1.29 is 9.13 Å². The van der Waals surface area contributed by atoms with E-state index in [1.54, 1.807) is 12.1 Å². The van der Waals surface area contributed by atoms with Crippen LogP contribution < -0.4 is 10.5 Å². The van der Waals surface area contributed by atoms with E-state index >= 15 is 0 Å². The van der Waals surface area contributed by atoms with Crippen LogP contribution in [0.25, 0.3) is 0 Å². The van der Waals surface area contributed by atoms with Crippen LogP contribution in [0.4, 0.5) is 10.1 Å². The number of hydrogen-bond donors (Lipinski definition) is 1. The molecule has 2 aromatic carbocycles. The smallest absolute Gasteiger partial charge is 0.165 e. The number of nitrogen functional groups attached to an aromatic ring is 1. The van der Waals surface area contributed by atoms with E-state index in [1.807, 2.05) is 24.3 Å². The van der Waals surface area contributed by atoms with Crippen molar-refractivity contribution in [2.24, 2.45) is 0 Å². The molecule has 0 radical (unpaired) electrons. The predicted octanol–water partition coefficient (Wildman–Crippen LogP) is 3.79. The molecule has 0 bridgehead atoms. The molecule has 0 fully saturated rings. The molecule has 2 rings (SSSR count). The molecule has 94 valence electrons. The molecule has 0 saturated heterocycles. The Labute approximate surface area is 114 Å². The largest absolute Gasteiger partial charge is 0.490 e. The number of nitrogens with two attached hydrogens (primary N) is 1. The van der Waals surface area contributed by atoms with Gasteiger partial charge in [-0.15, -0.1) is 0 Å². The molecule has 18 heavy (non-hydrogen) atoms. The van der Waals surface area contributed by atoms with Crippen LogP contribution in [-0.2, 0) is 6.42 Å². The lowest BCUT2D eigenvalue weighted by Crippen LogP contribution is -2.04. The van der Waals surface area contributed by atoms with E-state index < -0.39 is 0 Å². The summed E-state index contributed by atoms with van der Waals surface area (Å²) < 4.78 is 19.6. The van der Waals surface area contributed by atoms with Crippen LogP contribution in [0, 0.1) is 5.82 Å². The van der Waals surface area contributed by atoms with Crippen LogP contribution in [0.2, 0.25) is 0 Å². The molecule has 0 aromatic heterocycles. The Kier molecular flexibility index (Phi) is 4.20. The second-order valence-electron chi connectivity index (χ2n) is 3.87. The maximum atomic E-state index is 13.4. The van der Waals surface area contributed by atoms with Crippen LogP contribution in [0.5, 0.6) is 5.75 Å². The molecule has 0 aliphatic rings. The van der Waals surface area contributed by atoms with E-state index in [1.165, 1.54) is 6.07 Å². The lowest BCUT2D eigenvalue weighted by molar-refractivity contribution is 0.305. The third-order valence-electron chi connectivity index (χ3n) is 2.58. The third-order valence-corrected chi connectivity index (χ3v) is 3.07. The first-order chi connectivity index (χ1) is 8.66. The zero-order valence-electron chi connectivity index (χ0n) is 9.70. The molecule has 0 aliphatic heterocycles. The lowest BCUT2D eigenvalue weighted by Gasteiger charge is -2.09. The Bertz CT molecular complexity index is 545. The van der Waals surface area contributed by atoms with Gasteiger partial charge < -0.3 is 10.5 Å². The second-order valence-corrected chi connectivity index (χ2v) is 4.79. The summed E-state index contributed by atoms with van der Waals surface area (Å²) in [7, 11) is 0. The molecule has 0 unspecified atom stereocenters. The summed E-state index contributed by atoms with van der Waals surface area (Å²) in [5.41, 5.74) is 7.56. The Morgan fingerprint density at radius 2 is 1.94 bits per heavy atom. The van der Waals surface area contributed by atoms with E-state index in [0.717, 1.165) is 15.7 Å². The maximum Gasteiger partial charge on any atom is 0.165 e. The molecule has 0 saturated carbocycles. The summed E-state index contributed by atoms with van der Waals surface area (Å²) in [5, 5.41) is 0. The molecule has 2 aromatic rings. The average Bonchev–Trinajstić information content (AvgIpc) is 2.36. The van der Waals surface area contributed by atoms with Crippen molar-refractivity contribution in [2.75, 3.05) is 12.3 Å². The maximum absolute atomic E-state index is 13.4. The number of hydrogen-bond acceptors (Lipinski definition) is 2. The highest BCUT2D eigenvalue weighted by Crippen LogP contribution is 2.22. The number of para-hydroxylation sites is 1. The highest BCUT2D eigenvalue weighted by Gasteiger charge is 2.04. The van der Waals surface area contributed by atoms with Gasteiger partial charge in [-0.2, -0.15) is 0 Å². The summed E-state index contributed by atoms with van der Waals surface area (Å²) in [5.74, 6) is -0.113. The van der Waals surface area contributed by atoms with Crippen LogP contribution >= 0.6 is 15.9 Å². The fourth-order valence-electron chi connectivity index (χ4n) is 1.62. The average molecular weight is 310 g/mol. The predicted molar refractivity (Wildman–Crippen MR) is 74.2 cm³/mol. The van der Waals surface area contributed by atoms with Gasteiger partial charge in [0.15, 0.2) is 11.6 Å². The normalized spacial score (nSPS) is 10.3. The molecule has 0 aliphatic carbocycles. The number of ether oxygens (including phenoxy) is 1. The Balaban J connectivity index is 1.96. The van der Waals surface area contributed by atoms with Gasteiger partial charge in [-0.3, -0.25) is 0 Å². The first kappa shape index (κ1) is 12.9. The van der Waals surface area contributed by atoms with Crippen molar-refractivity contribution in [3.63, 3.8) is 0 Å². The van der Waals surface area contributed by atoms with Crippen molar-refractivity contribution >= 4 is 21.6 Å². The van der Waals surface area contributed by atoms with Gasteiger partial charge in [0.1, 0.15) is 0 Å². The van der Waals surface area contributed by atoms with Crippen molar-refractivity contribution in [3.8, 4) is 5.75 Å². The highest BCUT2D eigenvalue weighted by atomic mass is 79.9. The van der Waals surface area contributed by atoms with Gasteiger partial charge in [-0.05, 0) is 29.8 Å². The standard InChI is InChI=1S/C14H13BrFNO/c15-11-5-6-12(16)14(9-11)18-8-7-10-3-1-2-4-13(10)17/h1-6,9H,7-8,17H2. The first-order valence-corrected chi connectivity index (χ1v) is 6.37. The van der Waals surface area contributed by atoms with Crippen molar-refractivity contribution in [1.29, 1.82) is 0 Å². The summed E-state index contributed by atoms with van der Waals surface area (Å²) in [6.07, 6.45) is 0.651. The Morgan fingerprint density at radius 1 is 1.17 bits per heavy atom. The molecular weight excluding hydrogens is 297 g/mol. The summed E-state index contributed by atoms with van der Waals surface area (Å²) in [4.78, 5) is 0.